The number of halogens is 1. The predicted molar refractivity (Wildman–Crippen MR) is 92.4 cm³/mol. The van der Waals surface area contributed by atoms with Crippen LogP contribution >= 0.6 is 0 Å². The first-order valence-electron chi connectivity index (χ1n) is 7.60. The van der Waals surface area contributed by atoms with Crippen LogP contribution in [0.5, 0.6) is 0 Å². The zero-order chi connectivity index (χ0) is 18.0. The molecule has 1 aromatic heterocycles. The van der Waals surface area contributed by atoms with Gasteiger partial charge in [0, 0.05) is 24.2 Å². The first-order valence-corrected chi connectivity index (χ1v) is 9.49. The van der Waals surface area contributed by atoms with Crippen LogP contribution in [0.2, 0.25) is 0 Å². The molecule has 0 fully saturated rings. The van der Waals surface area contributed by atoms with Crippen molar-refractivity contribution in [1.29, 1.82) is 0 Å². The van der Waals surface area contributed by atoms with Gasteiger partial charge in [-0.3, -0.25) is 0 Å². The minimum atomic E-state index is -3.27. The molecule has 0 saturated carbocycles. The van der Waals surface area contributed by atoms with Crippen LogP contribution in [-0.2, 0) is 9.84 Å². The van der Waals surface area contributed by atoms with E-state index in [9.17, 15) is 17.9 Å². The fraction of sp³-hybridized carbons (Fsp3) is 0.167. The Morgan fingerprint density at radius 1 is 1.12 bits per heavy atom. The van der Waals surface area contributed by atoms with Gasteiger partial charge < -0.3 is 9.67 Å². The predicted octanol–water partition coefficient (Wildman–Crippen LogP) is 2.67. The number of aliphatic hydroxyl groups excluding tert-OH is 1. The summed E-state index contributed by atoms with van der Waals surface area (Å²) in [5.74, 6) is 0.242. The van der Waals surface area contributed by atoms with Gasteiger partial charge in [-0.1, -0.05) is 12.1 Å². The quantitative estimate of drug-likeness (QED) is 0.759. The smallest absolute Gasteiger partial charge is 0.175 e. The van der Waals surface area contributed by atoms with Crippen LogP contribution in [0.4, 0.5) is 4.39 Å². The van der Waals surface area contributed by atoms with Crippen LogP contribution in [0.3, 0.4) is 0 Å². The van der Waals surface area contributed by atoms with Crippen molar-refractivity contribution in [3.63, 3.8) is 0 Å². The van der Waals surface area contributed by atoms with E-state index >= 15 is 0 Å². The fourth-order valence-electron chi connectivity index (χ4n) is 2.68. The zero-order valence-electron chi connectivity index (χ0n) is 13.5. The normalized spacial score (nSPS) is 12.9. The van der Waals surface area contributed by atoms with E-state index in [0.29, 0.717) is 5.82 Å². The second-order valence-electron chi connectivity index (χ2n) is 5.70. The molecule has 0 spiro atoms. The highest BCUT2D eigenvalue weighted by Crippen LogP contribution is 2.26. The molecule has 2 aromatic carbocycles. The lowest BCUT2D eigenvalue weighted by Gasteiger charge is -2.19. The molecule has 1 heterocycles. The summed E-state index contributed by atoms with van der Waals surface area (Å²) in [6, 6.07) is 11.9. The lowest BCUT2D eigenvalue weighted by molar-refractivity contribution is 0.250. The average Bonchev–Trinajstić information content (AvgIpc) is 3.06. The summed E-state index contributed by atoms with van der Waals surface area (Å²) < 4.78 is 38.1. The van der Waals surface area contributed by atoms with Crippen LogP contribution in [-0.4, -0.2) is 35.9 Å². The minimum Gasteiger partial charge on any atom is -0.394 e. The van der Waals surface area contributed by atoms with Crippen molar-refractivity contribution < 1.29 is 17.9 Å². The second-order valence-corrected chi connectivity index (χ2v) is 7.72. The molecule has 25 heavy (non-hydrogen) atoms. The van der Waals surface area contributed by atoms with E-state index in [1.165, 1.54) is 24.3 Å². The number of hydrogen-bond donors (Lipinski definition) is 1. The SMILES string of the molecule is CS(=O)(=O)c1ccc(-c2nccn2C(CO)c2ccc(F)cc2)cc1. The number of aliphatic hydroxyl groups is 1. The highest BCUT2D eigenvalue weighted by Gasteiger charge is 2.18. The van der Waals surface area contributed by atoms with Gasteiger partial charge >= 0.3 is 0 Å². The molecule has 130 valence electrons. The van der Waals surface area contributed by atoms with Gasteiger partial charge in [0.1, 0.15) is 11.6 Å². The Kier molecular flexibility index (Phi) is 4.69. The minimum absolute atomic E-state index is 0.184. The van der Waals surface area contributed by atoms with Crippen molar-refractivity contribution >= 4 is 9.84 Å². The third-order valence-corrected chi connectivity index (χ3v) is 5.10. The summed E-state index contributed by atoms with van der Waals surface area (Å²) in [4.78, 5) is 4.55. The summed E-state index contributed by atoms with van der Waals surface area (Å²) in [6.07, 6.45) is 4.48. The summed E-state index contributed by atoms with van der Waals surface area (Å²) in [5, 5.41) is 9.82. The number of nitrogens with zero attached hydrogens (tertiary/aromatic N) is 2. The topological polar surface area (TPSA) is 72.2 Å². The van der Waals surface area contributed by atoms with Crippen molar-refractivity contribution in [2.45, 2.75) is 10.9 Å². The van der Waals surface area contributed by atoms with Crippen LogP contribution < -0.4 is 0 Å². The van der Waals surface area contributed by atoms with E-state index in [-0.39, 0.29) is 17.3 Å². The lowest BCUT2D eigenvalue weighted by Crippen LogP contribution is -2.15. The number of benzene rings is 2. The van der Waals surface area contributed by atoms with Gasteiger partial charge in [-0.15, -0.1) is 0 Å². The molecule has 1 unspecified atom stereocenters. The molecule has 7 heteroatoms. The zero-order valence-corrected chi connectivity index (χ0v) is 14.3. The largest absolute Gasteiger partial charge is 0.394 e. The van der Waals surface area contributed by atoms with Crippen molar-refractivity contribution in [2.75, 3.05) is 12.9 Å². The molecule has 0 aliphatic heterocycles. The Morgan fingerprint density at radius 2 is 1.76 bits per heavy atom. The molecule has 0 aliphatic carbocycles. The maximum absolute atomic E-state index is 13.1. The monoisotopic (exact) mass is 360 g/mol. The van der Waals surface area contributed by atoms with Gasteiger partial charge in [0.05, 0.1) is 17.5 Å². The average molecular weight is 360 g/mol. The molecule has 0 saturated heterocycles. The highest BCUT2D eigenvalue weighted by molar-refractivity contribution is 7.90. The second kappa shape index (κ2) is 6.78. The van der Waals surface area contributed by atoms with Gasteiger partial charge in [-0.2, -0.15) is 0 Å². The standard InChI is InChI=1S/C18H17FN2O3S/c1-25(23,24)16-8-4-14(5-9-16)18-20-10-11-21(18)17(12-22)13-2-6-15(19)7-3-13/h2-11,17,22H,12H2,1H3. The maximum atomic E-state index is 13.1. The molecule has 0 amide bonds. The molecular weight excluding hydrogens is 343 g/mol. The van der Waals surface area contributed by atoms with Crippen LogP contribution in [0, 0.1) is 5.82 Å². The summed E-state index contributed by atoms with van der Waals surface area (Å²) >= 11 is 0. The van der Waals surface area contributed by atoms with Crippen LogP contribution in [0.1, 0.15) is 11.6 Å². The van der Waals surface area contributed by atoms with Crippen molar-refractivity contribution in [1.82, 2.24) is 9.55 Å². The summed E-state index contributed by atoms with van der Waals surface area (Å²) in [5.41, 5.74) is 1.47. The van der Waals surface area contributed by atoms with Gasteiger partial charge in [0.25, 0.3) is 0 Å². The van der Waals surface area contributed by atoms with Gasteiger partial charge in [0.15, 0.2) is 9.84 Å². The Morgan fingerprint density at radius 3 is 2.32 bits per heavy atom. The molecule has 3 rings (SSSR count). The number of imidazole rings is 1. The summed E-state index contributed by atoms with van der Waals surface area (Å²) in [7, 11) is -3.27. The number of aromatic nitrogens is 2. The fourth-order valence-corrected chi connectivity index (χ4v) is 3.31. The molecule has 0 radical (unpaired) electrons. The molecule has 0 aliphatic rings. The Balaban J connectivity index is 2.00. The Labute approximate surface area is 145 Å². The molecular formula is C18H17FN2O3S. The van der Waals surface area contributed by atoms with Crippen LogP contribution in [0.25, 0.3) is 11.4 Å². The van der Waals surface area contributed by atoms with E-state index in [2.05, 4.69) is 4.98 Å². The number of rotatable bonds is 5. The molecule has 3 aromatic rings. The van der Waals surface area contributed by atoms with E-state index in [4.69, 9.17) is 0 Å². The van der Waals surface area contributed by atoms with Gasteiger partial charge in [0.2, 0.25) is 0 Å². The van der Waals surface area contributed by atoms with Crippen molar-refractivity contribution in [3.8, 4) is 11.4 Å². The molecule has 1 atom stereocenters. The van der Waals surface area contributed by atoms with E-state index in [1.807, 2.05) is 0 Å². The lowest BCUT2D eigenvalue weighted by atomic mass is 10.1. The number of hydrogen-bond acceptors (Lipinski definition) is 4. The maximum Gasteiger partial charge on any atom is 0.175 e. The van der Waals surface area contributed by atoms with Crippen molar-refractivity contribution in [3.05, 3.63) is 72.3 Å². The first kappa shape index (κ1) is 17.3. The third-order valence-electron chi connectivity index (χ3n) is 3.97. The van der Waals surface area contributed by atoms with Crippen molar-refractivity contribution in [2.24, 2.45) is 0 Å². The van der Waals surface area contributed by atoms with E-state index in [0.717, 1.165) is 17.4 Å². The van der Waals surface area contributed by atoms with Gasteiger partial charge in [-0.05, 0) is 42.0 Å². The molecule has 0 bridgehead atoms. The molecule has 5 nitrogen and oxygen atoms in total. The van der Waals surface area contributed by atoms with E-state index < -0.39 is 15.9 Å². The number of sulfone groups is 1. The molecule has 1 N–H and O–H groups in total. The Hall–Kier alpha value is -2.51. The third kappa shape index (κ3) is 3.62. The summed E-state index contributed by atoms with van der Waals surface area (Å²) in [6.45, 7) is -0.184. The Bertz CT molecular complexity index is 964. The van der Waals surface area contributed by atoms with E-state index in [1.54, 1.807) is 41.2 Å². The highest BCUT2D eigenvalue weighted by atomic mass is 32.2. The van der Waals surface area contributed by atoms with Gasteiger partial charge in [-0.25, -0.2) is 17.8 Å². The first-order chi connectivity index (χ1) is 11.9. The van der Waals surface area contributed by atoms with Crippen LogP contribution in [0.15, 0.2) is 65.8 Å².